The van der Waals surface area contributed by atoms with Gasteiger partial charge in [-0.25, -0.2) is 0 Å². The lowest BCUT2D eigenvalue weighted by molar-refractivity contribution is -0.0682. The van der Waals surface area contributed by atoms with E-state index in [1.807, 2.05) is 14.0 Å². The summed E-state index contributed by atoms with van der Waals surface area (Å²) in [5.41, 5.74) is -0.369. The van der Waals surface area contributed by atoms with Crippen LogP contribution in [0, 0.1) is 11.3 Å². The normalized spacial score (nSPS) is 28.6. The van der Waals surface area contributed by atoms with Gasteiger partial charge in [-0.15, -0.1) is 0 Å². The molecule has 0 aromatic carbocycles. The summed E-state index contributed by atoms with van der Waals surface area (Å²) in [4.78, 5) is 2.47. The lowest BCUT2D eigenvalue weighted by Gasteiger charge is -2.35. The zero-order valence-electron chi connectivity index (χ0n) is 12.2. The van der Waals surface area contributed by atoms with Crippen molar-refractivity contribution in [1.82, 2.24) is 10.2 Å². The minimum Gasteiger partial charge on any atom is -0.373 e. The summed E-state index contributed by atoms with van der Waals surface area (Å²) in [7, 11) is 1.86. The molecule has 104 valence electrons. The summed E-state index contributed by atoms with van der Waals surface area (Å²) in [6.07, 6.45) is 3.84. The molecule has 0 saturated carbocycles. The van der Waals surface area contributed by atoms with E-state index in [9.17, 15) is 0 Å². The van der Waals surface area contributed by atoms with Crippen molar-refractivity contribution in [3.8, 4) is 6.07 Å². The second kappa shape index (κ2) is 7.08. The van der Waals surface area contributed by atoms with Gasteiger partial charge >= 0.3 is 0 Å². The molecule has 1 heterocycles. The molecule has 1 aliphatic rings. The highest BCUT2D eigenvalue weighted by Crippen LogP contribution is 2.15. The predicted octanol–water partition coefficient (Wildman–Crippen LogP) is 1.77. The van der Waals surface area contributed by atoms with Crippen LogP contribution in [0.5, 0.6) is 0 Å². The molecule has 0 radical (unpaired) electrons. The molecule has 0 spiro atoms. The van der Waals surface area contributed by atoms with Crippen molar-refractivity contribution >= 4 is 0 Å². The summed E-state index contributed by atoms with van der Waals surface area (Å²) in [5.74, 6) is 0. The molecule has 18 heavy (non-hydrogen) atoms. The molecular formula is C14H27N3O. The molecule has 1 saturated heterocycles. The van der Waals surface area contributed by atoms with Crippen molar-refractivity contribution in [3.05, 3.63) is 0 Å². The maximum atomic E-state index is 9.06. The van der Waals surface area contributed by atoms with E-state index in [0.717, 1.165) is 38.9 Å². The van der Waals surface area contributed by atoms with Crippen LogP contribution in [-0.2, 0) is 4.74 Å². The van der Waals surface area contributed by atoms with Crippen LogP contribution in [0.3, 0.4) is 0 Å². The molecule has 1 aliphatic heterocycles. The van der Waals surface area contributed by atoms with Crippen molar-refractivity contribution < 1.29 is 4.74 Å². The van der Waals surface area contributed by atoms with Crippen LogP contribution >= 0.6 is 0 Å². The van der Waals surface area contributed by atoms with Crippen LogP contribution in [0.1, 0.15) is 40.0 Å². The minimum atomic E-state index is -0.369. The SMILES string of the molecule is CNC(C)(C#N)CCCCN1C[C@@H](C)O[C@@H](C)C1. The Hall–Kier alpha value is -0.630. The third kappa shape index (κ3) is 4.93. The van der Waals surface area contributed by atoms with Crippen LogP contribution in [0.4, 0.5) is 0 Å². The lowest BCUT2D eigenvalue weighted by atomic mass is 9.97. The number of rotatable bonds is 6. The van der Waals surface area contributed by atoms with Gasteiger partial charge in [0.15, 0.2) is 0 Å². The third-order valence-corrected chi connectivity index (χ3v) is 3.69. The van der Waals surface area contributed by atoms with E-state index in [1.54, 1.807) is 0 Å². The van der Waals surface area contributed by atoms with Gasteiger partial charge in [0.25, 0.3) is 0 Å². The summed E-state index contributed by atoms with van der Waals surface area (Å²) < 4.78 is 5.72. The lowest BCUT2D eigenvalue weighted by Crippen LogP contribution is -2.45. The van der Waals surface area contributed by atoms with Crippen molar-refractivity contribution in [2.75, 3.05) is 26.7 Å². The number of ether oxygens (including phenoxy) is 1. The fourth-order valence-corrected chi connectivity index (χ4v) is 2.52. The smallest absolute Gasteiger partial charge is 0.103 e. The Morgan fingerprint density at radius 1 is 1.33 bits per heavy atom. The zero-order chi connectivity index (χ0) is 13.6. The monoisotopic (exact) mass is 253 g/mol. The van der Waals surface area contributed by atoms with Crippen molar-refractivity contribution in [3.63, 3.8) is 0 Å². The average molecular weight is 253 g/mol. The van der Waals surface area contributed by atoms with Gasteiger partial charge < -0.3 is 10.1 Å². The number of nitrogens with zero attached hydrogens (tertiary/aromatic N) is 2. The van der Waals surface area contributed by atoms with Gasteiger partial charge in [0.2, 0.25) is 0 Å². The first-order chi connectivity index (χ1) is 8.49. The molecule has 0 aromatic rings. The first-order valence-corrected chi connectivity index (χ1v) is 6.97. The summed E-state index contributed by atoms with van der Waals surface area (Å²) >= 11 is 0. The largest absolute Gasteiger partial charge is 0.373 e. The van der Waals surface area contributed by atoms with Crippen LogP contribution in [-0.4, -0.2) is 49.3 Å². The minimum absolute atomic E-state index is 0.343. The highest BCUT2D eigenvalue weighted by atomic mass is 16.5. The van der Waals surface area contributed by atoms with Crippen molar-refractivity contribution in [1.29, 1.82) is 5.26 Å². The highest BCUT2D eigenvalue weighted by molar-refractivity contribution is 5.02. The number of nitriles is 1. The Kier molecular flexibility index (Phi) is 6.07. The average Bonchev–Trinajstić information content (AvgIpc) is 2.33. The van der Waals surface area contributed by atoms with Crippen molar-refractivity contribution in [2.24, 2.45) is 0 Å². The van der Waals surface area contributed by atoms with E-state index in [0.29, 0.717) is 12.2 Å². The Bertz CT molecular complexity index is 279. The molecule has 0 aromatic heterocycles. The number of hydrogen-bond acceptors (Lipinski definition) is 4. The zero-order valence-corrected chi connectivity index (χ0v) is 12.2. The fourth-order valence-electron chi connectivity index (χ4n) is 2.52. The topological polar surface area (TPSA) is 48.3 Å². The van der Waals surface area contributed by atoms with Crippen molar-refractivity contribution in [2.45, 2.75) is 57.8 Å². The maximum absolute atomic E-state index is 9.06. The maximum Gasteiger partial charge on any atom is 0.103 e. The van der Waals surface area contributed by atoms with Crippen LogP contribution in [0.15, 0.2) is 0 Å². The van der Waals surface area contributed by atoms with E-state index in [-0.39, 0.29) is 5.54 Å². The van der Waals surface area contributed by atoms with Gasteiger partial charge in [-0.2, -0.15) is 5.26 Å². The first-order valence-electron chi connectivity index (χ1n) is 6.97. The molecule has 1 fully saturated rings. The van der Waals surface area contributed by atoms with Crippen LogP contribution in [0.25, 0.3) is 0 Å². The molecule has 1 rings (SSSR count). The van der Waals surface area contributed by atoms with Crippen LogP contribution < -0.4 is 5.32 Å². The highest BCUT2D eigenvalue weighted by Gasteiger charge is 2.23. The molecule has 4 heteroatoms. The number of unbranched alkanes of at least 4 members (excludes halogenated alkanes) is 1. The second-order valence-electron chi connectivity index (χ2n) is 5.67. The molecule has 1 N–H and O–H groups in total. The predicted molar refractivity (Wildman–Crippen MR) is 73.4 cm³/mol. The summed E-state index contributed by atoms with van der Waals surface area (Å²) in [6.45, 7) is 9.42. The Morgan fingerprint density at radius 2 is 1.94 bits per heavy atom. The second-order valence-corrected chi connectivity index (χ2v) is 5.67. The van der Waals surface area contributed by atoms with Crippen LogP contribution in [0.2, 0.25) is 0 Å². The molecule has 1 unspecified atom stereocenters. The fraction of sp³-hybridized carbons (Fsp3) is 0.929. The molecule has 0 bridgehead atoms. The first kappa shape index (κ1) is 15.4. The van der Waals surface area contributed by atoms with Gasteiger partial charge in [-0.05, 0) is 53.6 Å². The molecule has 4 nitrogen and oxygen atoms in total. The Morgan fingerprint density at radius 3 is 2.44 bits per heavy atom. The van der Waals surface area contributed by atoms with E-state index >= 15 is 0 Å². The van der Waals surface area contributed by atoms with Gasteiger partial charge in [-0.3, -0.25) is 4.90 Å². The van der Waals surface area contributed by atoms with E-state index in [1.165, 1.54) is 0 Å². The van der Waals surface area contributed by atoms with Gasteiger partial charge in [0.05, 0.1) is 18.3 Å². The number of hydrogen-bond donors (Lipinski definition) is 1. The van der Waals surface area contributed by atoms with E-state index in [4.69, 9.17) is 10.00 Å². The van der Waals surface area contributed by atoms with E-state index in [2.05, 4.69) is 30.1 Å². The summed E-state index contributed by atoms with van der Waals surface area (Å²) in [5, 5.41) is 12.1. The molecule has 0 amide bonds. The number of morpholine rings is 1. The molecule has 0 aliphatic carbocycles. The Balaban J connectivity index is 2.20. The quantitative estimate of drug-likeness (QED) is 0.733. The van der Waals surface area contributed by atoms with Gasteiger partial charge in [-0.1, -0.05) is 0 Å². The van der Waals surface area contributed by atoms with Gasteiger partial charge in [0.1, 0.15) is 5.54 Å². The molecule has 3 atom stereocenters. The Labute approximate surface area is 111 Å². The number of nitrogens with one attached hydrogen (secondary N) is 1. The summed E-state index contributed by atoms with van der Waals surface area (Å²) in [6, 6.07) is 2.34. The molecular weight excluding hydrogens is 226 g/mol. The van der Waals surface area contributed by atoms with E-state index < -0.39 is 0 Å². The standard InChI is InChI=1S/C14H27N3O/c1-12-9-17(10-13(2)18-12)8-6-5-7-14(3,11-15)16-4/h12-13,16H,5-10H2,1-4H3/t12-,13+,14?. The van der Waals surface area contributed by atoms with Gasteiger partial charge in [0, 0.05) is 13.1 Å². The third-order valence-electron chi connectivity index (χ3n) is 3.69.